The van der Waals surface area contributed by atoms with Crippen LogP contribution in [0.1, 0.15) is 30.6 Å². The number of amides is 2. The smallest absolute Gasteiger partial charge is 0.261 e. The van der Waals surface area contributed by atoms with E-state index >= 15 is 4.39 Å². The number of nitrogens with zero attached hydrogens (tertiary/aromatic N) is 4. The second-order valence-electron chi connectivity index (χ2n) is 10.3. The Hall–Kier alpha value is -3.37. The molecule has 0 radical (unpaired) electrons. The zero-order valence-electron chi connectivity index (χ0n) is 21.7. The van der Waals surface area contributed by atoms with E-state index in [0.717, 1.165) is 0 Å². The number of carbonyl (C=O) groups is 2. The highest BCUT2D eigenvalue weighted by Gasteiger charge is 2.47. The van der Waals surface area contributed by atoms with Gasteiger partial charge in [0.2, 0.25) is 5.91 Å². The molecule has 4 heterocycles. The van der Waals surface area contributed by atoms with Gasteiger partial charge in [-0.05, 0) is 38.5 Å². The van der Waals surface area contributed by atoms with Crippen molar-refractivity contribution in [3.8, 4) is 17.0 Å². The zero-order valence-corrected chi connectivity index (χ0v) is 22.4. The molecular weight excluding hydrogens is 513 g/mol. The van der Waals surface area contributed by atoms with Gasteiger partial charge in [0.25, 0.3) is 5.91 Å². The van der Waals surface area contributed by atoms with E-state index in [4.69, 9.17) is 31.8 Å². The molecule has 11 heteroatoms. The van der Waals surface area contributed by atoms with Crippen LogP contribution in [0.15, 0.2) is 30.9 Å². The second kappa shape index (κ2) is 9.74. The van der Waals surface area contributed by atoms with Crippen LogP contribution in [0.2, 0.25) is 5.02 Å². The molecule has 0 bridgehead atoms. The summed E-state index contributed by atoms with van der Waals surface area (Å²) in [6, 6.07) is 3.96. The average Bonchev–Trinajstić information content (AvgIpc) is 3.11. The third kappa shape index (κ3) is 4.06. The molecule has 2 fully saturated rings. The number of benzene rings is 1. The molecule has 2 aromatic rings. The topological polar surface area (TPSA) is 101 Å². The Morgan fingerprint density at radius 3 is 2.74 bits per heavy atom. The fourth-order valence-corrected chi connectivity index (χ4v) is 6.06. The molecule has 2 saturated heterocycles. The molecule has 3 aliphatic heterocycles. The van der Waals surface area contributed by atoms with Gasteiger partial charge in [-0.2, -0.15) is 0 Å². The predicted molar refractivity (Wildman–Crippen MR) is 143 cm³/mol. The highest BCUT2D eigenvalue weighted by molar-refractivity contribution is 6.35. The zero-order chi connectivity index (χ0) is 27.4. The van der Waals surface area contributed by atoms with Crippen LogP contribution in [-0.2, 0) is 9.53 Å². The number of hydrogen-bond acceptors (Lipinski definition) is 7. The molecule has 0 aliphatic carbocycles. The second-order valence-corrected chi connectivity index (χ2v) is 10.7. The Morgan fingerprint density at radius 1 is 1.32 bits per heavy atom. The standard InChI is InChI=1S/C27H31ClFN5O4/c1-5-19(35)32-11-12-33-15(13-32)14-38-24-21(26(33)36)25(34-10-9-18(37-4)27(34,2)3)31-23(22(24)28)20-16(29)7-6-8-17(20)30/h5-8,15,18H,1,9-14,30H2,2-4H3. The summed E-state index contributed by atoms with van der Waals surface area (Å²) in [4.78, 5) is 36.6. The van der Waals surface area contributed by atoms with Crippen molar-refractivity contribution >= 4 is 34.9 Å². The van der Waals surface area contributed by atoms with Gasteiger partial charge in [0.05, 0.1) is 23.2 Å². The van der Waals surface area contributed by atoms with E-state index in [1.54, 1.807) is 23.0 Å². The first kappa shape index (κ1) is 26.2. The van der Waals surface area contributed by atoms with Crippen LogP contribution in [0.5, 0.6) is 5.75 Å². The maximum atomic E-state index is 15.1. The third-order valence-corrected chi connectivity index (χ3v) is 8.21. The molecule has 9 nitrogen and oxygen atoms in total. The van der Waals surface area contributed by atoms with E-state index in [0.29, 0.717) is 38.4 Å². The van der Waals surface area contributed by atoms with E-state index in [1.807, 2.05) is 18.7 Å². The van der Waals surface area contributed by atoms with E-state index in [-0.39, 0.29) is 57.8 Å². The number of pyridine rings is 1. The number of nitrogens with two attached hydrogens (primary N) is 1. The van der Waals surface area contributed by atoms with Gasteiger partial charge in [-0.3, -0.25) is 9.59 Å². The number of fused-ring (bicyclic) bond motifs is 2. The van der Waals surface area contributed by atoms with Crippen molar-refractivity contribution in [2.24, 2.45) is 0 Å². The van der Waals surface area contributed by atoms with E-state index in [2.05, 4.69) is 6.58 Å². The van der Waals surface area contributed by atoms with Crippen LogP contribution in [0.25, 0.3) is 11.3 Å². The van der Waals surface area contributed by atoms with Gasteiger partial charge < -0.3 is 29.9 Å². The van der Waals surface area contributed by atoms with Gasteiger partial charge >= 0.3 is 0 Å². The maximum Gasteiger partial charge on any atom is 0.261 e. The summed E-state index contributed by atoms with van der Waals surface area (Å²) < 4.78 is 27.1. The molecule has 2 unspecified atom stereocenters. The molecule has 5 rings (SSSR count). The lowest BCUT2D eigenvalue weighted by Crippen LogP contribution is -2.57. The lowest BCUT2D eigenvalue weighted by Gasteiger charge is -2.40. The normalized spacial score (nSPS) is 22.4. The molecule has 2 amide bonds. The lowest BCUT2D eigenvalue weighted by atomic mass is 9.97. The van der Waals surface area contributed by atoms with E-state index < -0.39 is 17.4 Å². The lowest BCUT2D eigenvalue weighted by molar-refractivity contribution is -0.128. The first-order chi connectivity index (χ1) is 18.1. The number of halogens is 2. The molecule has 38 heavy (non-hydrogen) atoms. The summed E-state index contributed by atoms with van der Waals surface area (Å²) in [6.07, 6.45) is 1.84. The van der Waals surface area contributed by atoms with Crippen molar-refractivity contribution in [1.29, 1.82) is 0 Å². The van der Waals surface area contributed by atoms with Gasteiger partial charge in [-0.1, -0.05) is 24.2 Å². The van der Waals surface area contributed by atoms with Crippen LogP contribution in [0.4, 0.5) is 15.9 Å². The highest BCUT2D eigenvalue weighted by atomic mass is 35.5. The molecule has 3 aliphatic rings. The van der Waals surface area contributed by atoms with Crippen LogP contribution in [0, 0.1) is 5.82 Å². The molecule has 0 spiro atoms. The van der Waals surface area contributed by atoms with Crippen molar-refractivity contribution in [3.05, 3.63) is 47.3 Å². The SMILES string of the molecule is C=CC(=O)N1CCN2C(=O)c3c(N4CCC(OC)C4(C)C)nc(-c4c(N)cccc4F)c(Cl)c3OCC2C1. The fourth-order valence-electron chi connectivity index (χ4n) is 5.77. The minimum atomic E-state index is -0.586. The number of methoxy groups -OCH3 is 1. The highest BCUT2D eigenvalue weighted by Crippen LogP contribution is 2.47. The number of nitrogen functional groups attached to an aromatic ring is 1. The largest absolute Gasteiger partial charge is 0.489 e. The van der Waals surface area contributed by atoms with Gasteiger partial charge in [0.15, 0.2) is 5.75 Å². The van der Waals surface area contributed by atoms with E-state index in [1.165, 1.54) is 18.2 Å². The quantitative estimate of drug-likeness (QED) is 0.466. The summed E-state index contributed by atoms with van der Waals surface area (Å²) in [7, 11) is 1.65. The van der Waals surface area contributed by atoms with E-state index in [9.17, 15) is 9.59 Å². The monoisotopic (exact) mass is 543 g/mol. The van der Waals surface area contributed by atoms with Gasteiger partial charge in [-0.25, -0.2) is 9.37 Å². The minimum absolute atomic E-state index is 0.00747. The van der Waals surface area contributed by atoms with Crippen LogP contribution >= 0.6 is 11.6 Å². The van der Waals surface area contributed by atoms with Crippen LogP contribution in [0.3, 0.4) is 0 Å². The van der Waals surface area contributed by atoms with Crippen molar-refractivity contribution in [3.63, 3.8) is 0 Å². The summed E-state index contributed by atoms with van der Waals surface area (Å²) in [5, 5.41) is 0.00747. The average molecular weight is 544 g/mol. The number of carbonyl (C=O) groups excluding carboxylic acids is 2. The Bertz CT molecular complexity index is 1300. The minimum Gasteiger partial charge on any atom is -0.489 e. The summed E-state index contributed by atoms with van der Waals surface area (Å²) in [5.74, 6) is -0.631. The van der Waals surface area contributed by atoms with Crippen molar-refractivity contribution in [1.82, 2.24) is 14.8 Å². The number of hydrogen-bond donors (Lipinski definition) is 1. The molecule has 0 saturated carbocycles. The van der Waals surface area contributed by atoms with Crippen molar-refractivity contribution < 1.29 is 23.5 Å². The molecule has 202 valence electrons. The van der Waals surface area contributed by atoms with Gasteiger partial charge in [0.1, 0.15) is 34.5 Å². The molecular formula is C27H31ClFN5O4. The number of piperazine rings is 1. The van der Waals surface area contributed by atoms with Crippen molar-refractivity contribution in [2.45, 2.75) is 38.0 Å². The first-order valence-corrected chi connectivity index (χ1v) is 12.9. The predicted octanol–water partition coefficient (Wildman–Crippen LogP) is 3.36. The van der Waals surface area contributed by atoms with Crippen LogP contribution in [-0.4, -0.2) is 84.2 Å². The first-order valence-electron chi connectivity index (χ1n) is 12.5. The molecule has 1 aromatic heterocycles. The number of aromatic nitrogens is 1. The summed E-state index contributed by atoms with van der Waals surface area (Å²) in [5.41, 5.74) is 6.16. The Balaban J connectivity index is 1.70. The number of rotatable bonds is 4. The third-order valence-electron chi connectivity index (χ3n) is 7.86. The summed E-state index contributed by atoms with van der Waals surface area (Å²) >= 11 is 6.85. The Morgan fingerprint density at radius 2 is 2.08 bits per heavy atom. The maximum absolute atomic E-state index is 15.1. The number of ether oxygens (including phenoxy) is 2. The molecule has 2 atom stereocenters. The van der Waals surface area contributed by atoms with Crippen molar-refractivity contribution in [2.75, 3.05) is 50.5 Å². The summed E-state index contributed by atoms with van der Waals surface area (Å²) in [6.45, 7) is 9.21. The fraction of sp³-hybridized carbons (Fsp3) is 0.444. The number of anilines is 2. The Kier molecular flexibility index (Phi) is 6.73. The van der Waals surface area contributed by atoms with Gasteiger partial charge in [-0.15, -0.1) is 0 Å². The van der Waals surface area contributed by atoms with Crippen LogP contribution < -0.4 is 15.4 Å². The van der Waals surface area contributed by atoms with Gasteiger partial charge in [0, 0.05) is 39.0 Å². The molecule has 2 N–H and O–H groups in total. The Labute approximate surface area is 225 Å². The molecule has 1 aromatic carbocycles.